The Morgan fingerprint density at radius 2 is 1.50 bits per heavy atom. The second-order valence-corrected chi connectivity index (χ2v) is 5.05. The summed E-state index contributed by atoms with van der Waals surface area (Å²) < 4.78 is 4.99. The number of hydrogen-bond acceptors (Lipinski definition) is 4. The van der Waals surface area contributed by atoms with E-state index in [-0.39, 0.29) is 5.91 Å². The molecule has 2 N–H and O–H groups in total. The lowest BCUT2D eigenvalue weighted by Crippen LogP contribution is -2.29. The van der Waals surface area contributed by atoms with Gasteiger partial charge in [-0.15, -0.1) is 0 Å². The highest BCUT2D eigenvalue weighted by Crippen LogP contribution is 2.14. The lowest BCUT2D eigenvalue weighted by atomic mass is 10.2. The van der Waals surface area contributed by atoms with E-state index in [0.717, 1.165) is 5.57 Å². The van der Waals surface area contributed by atoms with Gasteiger partial charge >= 0.3 is 5.97 Å². The van der Waals surface area contributed by atoms with Gasteiger partial charge in [0.25, 0.3) is 5.91 Å². The van der Waals surface area contributed by atoms with Gasteiger partial charge in [-0.1, -0.05) is 5.57 Å². The van der Waals surface area contributed by atoms with Crippen LogP contribution in [0.3, 0.4) is 0 Å². The molecule has 0 heterocycles. The molecule has 0 bridgehead atoms. The van der Waals surface area contributed by atoms with Gasteiger partial charge < -0.3 is 15.4 Å². The SMILES string of the molecule is CC(=O)Nc1ccc(NC(=O)[C@@H](C)OC(=O)C=C(C)C)cc1. The molecular weight excluding hydrogens is 284 g/mol. The Bertz CT molecular complexity index is 587. The number of hydrogen-bond donors (Lipinski definition) is 2. The van der Waals surface area contributed by atoms with E-state index in [9.17, 15) is 14.4 Å². The Hall–Kier alpha value is -2.63. The fraction of sp³-hybridized carbons (Fsp3) is 0.312. The third-order valence-electron chi connectivity index (χ3n) is 2.54. The van der Waals surface area contributed by atoms with Crippen molar-refractivity contribution in [2.75, 3.05) is 10.6 Å². The standard InChI is InChI=1S/C16H20N2O4/c1-10(2)9-15(20)22-11(3)16(21)18-14-7-5-13(6-8-14)17-12(4)19/h5-9,11H,1-4H3,(H,17,19)(H,18,21)/t11-/m1/s1. The van der Waals surface area contributed by atoms with E-state index < -0.39 is 18.0 Å². The first kappa shape index (κ1) is 17.4. The zero-order valence-electron chi connectivity index (χ0n) is 13.1. The first-order chi connectivity index (χ1) is 10.3. The molecule has 1 aromatic rings. The Balaban J connectivity index is 2.58. The van der Waals surface area contributed by atoms with Gasteiger partial charge in [-0.2, -0.15) is 0 Å². The van der Waals surface area contributed by atoms with E-state index in [4.69, 9.17) is 4.74 Å². The summed E-state index contributed by atoms with van der Waals surface area (Å²) in [5, 5.41) is 5.26. The molecule has 0 unspecified atom stereocenters. The monoisotopic (exact) mass is 304 g/mol. The fourth-order valence-electron chi connectivity index (χ4n) is 1.58. The highest BCUT2D eigenvalue weighted by Gasteiger charge is 2.16. The van der Waals surface area contributed by atoms with Crippen LogP contribution in [0.4, 0.5) is 11.4 Å². The van der Waals surface area contributed by atoms with Crippen molar-refractivity contribution in [3.63, 3.8) is 0 Å². The van der Waals surface area contributed by atoms with E-state index in [1.165, 1.54) is 19.9 Å². The number of anilines is 2. The number of rotatable bonds is 5. The summed E-state index contributed by atoms with van der Waals surface area (Å²) in [4.78, 5) is 34.3. The number of carbonyl (C=O) groups is 3. The third kappa shape index (κ3) is 6.21. The highest BCUT2D eigenvalue weighted by molar-refractivity contribution is 5.96. The maximum Gasteiger partial charge on any atom is 0.331 e. The molecule has 1 aromatic carbocycles. The smallest absolute Gasteiger partial charge is 0.331 e. The molecule has 1 atom stereocenters. The van der Waals surface area contributed by atoms with Gasteiger partial charge in [-0.05, 0) is 45.0 Å². The number of benzene rings is 1. The Kier molecular flexibility index (Phi) is 6.31. The number of carbonyl (C=O) groups excluding carboxylic acids is 3. The molecule has 2 amide bonds. The van der Waals surface area contributed by atoms with Gasteiger partial charge in [-0.3, -0.25) is 9.59 Å². The largest absolute Gasteiger partial charge is 0.449 e. The number of esters is 1. The van der Waals surface area contributed by atoms with Crippen LogP contribution in [0.25, 0.3) is 0 Å². The highest BCUT2D eigenvalue weighted by atomic mass is 16.5. The molecule has 0 spiro atoms. The van der Waals surface area contributed by atoms with Crippen LogP contribution in [0, 0.1) is 0 Å². The van der Waals surface area contributed by atoms with Crippen molar-refractivity contribution in [3.8, 4) is 0 Å². The first-order valence-electron chi connectivity index (χ1n) is 6.82. The minimum Gasteiger partial charge on any atom is -0.449 e. The van der Waals surface area contributed by atoms with Crippen LogP contribution in [0.2, 0.25) is 0 Å². The minimum absolute atomic E-state index is 0.170. The van der Waals surface area contributed by atoms with Crippen LogP contribution in [-0.2, 0) is 19.1 Å². The molecule has 0 fully saturated rings. The van der Waals surface area contributed by atoms with Gasteiger partial charge in [0, 0.05) is 24.4 Å². The molecule has 0 saturated carbocycles. The van der Waals surface area contributed by atoms with E-state index in [2.05, 4.69) is 10.6 Å². The molecule has 118 valence electrons. The normalized spacial score (nSPS) is 11.1. The topological polar surface area (TPSA) is 84.5 Å². The molecule has 0 aliphatic rings. The Labute approximate surface area is 129 Å². The summed E-state index contributed by atoms with van der Waals surface area (Å²) in [6, 6.07) is 6.62. The van der Waals surface area contributed by atoms with E-state index >= 15 is 0 Å². The van der Waals surface area contributed by atoms with Crippen molar-refractivity contribution in [1.29, 1.82) is 0 Å². The predicted molar refractivity (Wildman–Crippen MR) is 84.4 cm³/mol. The second-order valence-electron chi connectivity index (χ2n) is 5.05. The summed E-state index contributed by atoms with van der Waals surface area (Å²) in [6.07, 6.45) is 0.421. The van der Waals surface area contributed by atoms with Gasteiger partial charge in [0.15, 0.2) is 6.10 Å². The zero-order valence-corrected chi connectivity index (χ0v) is 13.1. The van der Waals surface area contributed by atoms with Gasteiger partial charge in [-0.25, -0.2) is 4.79 Å². The van der Waals surface area contributed by atoms with Crippen molar-refractivity contribution in [2.45, 2.75) is 33.8 Å². The fourth-order valence-corrected chi connectivity index (χ4v) is 1.58. The van der Waals surface area contributed by atoms with Crippen molar-refractivity contribution >= 4 is 29.2 Å². The van der Waals surface area contributed by atoms with Crippen molar-refractivity contribution in [2.24, 2.45) is 0 Å². The number of nitrogens with one attached hydrogen (secondary N) is 2. The average molecular weight is 304 g/mol. The van der Waals surface area contributed by atoms with Crippen molar-refractivity contribution in [1.82, 2.24) is 0 Å². The van der Waals surface area contributed by atoms with Gasteiger partial charge in [0.05, 0.1) is 0 Å². The molecule has 0 saturated heterocycles. The van der Waals surface area contributed by atoms with Crippen molar-refractivity contribution < 1.29 is 19.1 Å². The van der Waals surface area contributed by atoms with Gasteiger partial charge in [0.1, 0.15) is 0 Å². The lowest BCUT2D eigenvalue weighted by molar-refractivity contribution is -0.148. The molecule has 22 heavy (non-hydrogen) atoms. The molecule has 6 heteroatoms. The van der Waals surface area contributed by atoms with E-state index in [1.807, 2.05) is 0 Å². The van der Waals surface area contributed by atoms with Crippen LogP contribution in [0.1, 0.15) is 27.7 Å². The second kappa shape index (κ2) is 7.97. The third-order valence-corrected chi connectivity index (χ3v) is 2.54. The Morgan fingerprint density at radius 1 is 1.00 bits per heavy atom. The average Bonchev–Trinajstić information content (AvgIpc) is 2.39. The summed E-state index contributed by atoms with van der Waals surface area (Å²) in [5.74, 6) is -1.15. The van der Waals surface area contributed by atoms with Gasteiger partial charge in [0.2, 0.25) is 5.91 Å². The molecular formula is C16H20N2O4. The predicted octanol–water partition coefficient (Wildman–Crippen LogP) is 2.48. The minimum atomic E-state index is -0.905. The molecule has 0 aromatic heterocycles. The summed E-state index contributed by atoms with van der Waals surface area (Å²) in [6.45, 7) is 6.45. The van der Waals surface area contributed by atoms with E-state index in [1.54, 1.807) is 38.1 Å². The van der Waals surface area contributed by atoms with E-state index in [0.29, 0.717) is 11.4 Å². The van der Waals surface area contributed by atoms with Crippen LogP contribution < -0.4 is 10.6 Å². The first-order valence-corrected chi connectivity index (χ1v) is 6.82. The maximum absolute atomic E-state index is 11.9. The van der Waals surface area contributed by atoms with Crippen LogP contribution in [0.15, 0.2) is 35.9 Å². The molecule has 0 radical (unpaired) electrons. The molecule has 6 nitrogen and oxygen atoms in total. The number of allylic oxidation sites excluding steroid dienone is 1. The molecule has 0 aliphatic carbocycles. The van der Waals surface area contributed by atoms with Crippen LogP contribution in [0.5, 0.6) is 0 Å². The molecule has 1 rings (SSSR count). The number of ether oxygens (including phenoxy) is 1. The van der Waals surface area contributed by atoms with Crippen LogP contribution in [-0.4, -0.2) is 23.9 Å². The maximum atomic E-state index is 11.9. The quantitative estimate of drug-likeness (QED) is 0.646. The number of amides is 2. The van der Waals surface area contributed by atoms with Crippen LogP contribution >= 0.6 is 0 Å². The summed E-state index contributed by atoms with van der Waals surface area (Å²) in [5.41, 5.74) is 1.98. The summed E-state index contributed by atoms with van der Waals surface area (Å²) >= 11 is 0. The molecule has 0 aliphatic heterocycles. The zero-order chi connectivity index (χ0) is 16.7. The van der Waals surface area contributed by atoms with Crippen molar-refractivity contribution in [3.05, 3.63) is 35.9 Å². The Morgan fingerprint density at radius 3 is 1.95 bits per heavy atom. The lowest BCUT2D eigenvalue weighted by Gasteiger charge is -2.13. The summed E-state index contributed by atoms with van der Waals surface area (Å²) in [7, 11) is 0.